The van der Waals surface area contributed by atoms with E-state index in [0.29, 0.717) is 0 Å². The fourth-order valence-electron chi connectivity index (χ4n) is 2.67. The van der Waals surface area contributed by atoms with Gasteiger partial charge in [-0.15, -0.1) is 0 Å². The summed E-state index contributed by atoms with van der Waals surface area (Å²) in [7, 11) is 0.888. The minimum Gasteiger partial charge on any atom is -0.444 e. The van der Waals surface area contributed by atoms with Gasteiger partial charge in [0.2, 0.25) is 0 Å². The van der Waals surface area contributed by atoms with Gasteiger partial charge in [-0.2, -0.15) is 0 Å². The predicted molar refractivity (Wildman–Crippen MR) is 96.5 cm³/mol. The highest BCUT2D eigenvalue weighted by atomic mass is 16.6. The van der Waals surface area contributed by atoms with Gasteiger partial charge in [0.1, 0.15) is 5.60 Å². The molecule has 142 valence electrons. The van der Waals surface area contributed by atoms with Gasteiger partial charge < -0.3 is 24.7 Å². The first-order valence-corrected chi connectivity index (χ1v) is 8.05. The zero-order valence-electron chi connectivity index (χ0n) is 15.4. The Morgan fingerprint density at radius 2 is 1.85 bits per heavy atom. The second-order valence-corrected chi connectivity index (χ2v) is 6.98. The molecule has 2 rings (SSSR count). The van der Waals surface area contributed by atoms with Crippen LogP contribution < -0.4 is 22.2 Å². The first-order valence-electron chi connectivity index (χ1n) is 8.05. The van der Waals surface area contributed by atoms with Crippen molar-refractivity contribution in [1.29, 1.82) is 0 Å². The largest absolute Gasteiger partial charge is 0.506 e. The van der Waals surface area contributed by atoms with Crippen molar-refractivity contribution < 1.29 is 19.6 Å². The van der Waals surface area contributed by atoms with E-state index in [2.05, 4.69) is 5.32 Å². The van der Waals surface area contributed by atoms with Crippen LogP contribution in [0.5, 0.6) is 0 Å². The molecule has 0 spiro atoms. The summed E-state index contributed by atoms with van der Waals surface area (Å²) in [5, 5.41) is 22.0. The number of nitrogens with zero attached hydrogens (tertiary/aromatic N) is 3. The Morgan fingerprint density at radius 1 is 1.23 bits per heavy atom. The molecule has 3 N–H and O–H groups in total. The topological polar surface area (TPSA) is 128 Å². The van der Waals surface area contributed by atoms with Crippen LogP contribution in [0.25, 0.3) is 10.9 Å². The summed E-state index contributed by atoms with van der Waals surface area (Å²) in [6.45, 7) is 5.49. The van der Waals surface area contributed by atoms with Gasteiger partial charge in [0.25, 0.3) is 5.56 Å². The van der Waals surface area contributed by atoms with Crippen LogP contribution in [0.15, 0.2) is 15.8 Å². The van der Waals surface area contributed by atoms with Crippen LogP contribution in [0.3, 0.4) is 0 Å². The van der Waals surface area contributed by atoms with Crippen molar-refractivity contribution in [2.24, 2.45) is 14.1 Å². The van der Waals surface area contributed by atoms with Crippen LogP contribution in [0.2, 0.25) is 0 Å². The number of carbonyl (C=O) groups excluding carboxylic acids is 1. The normalized spacial score (nSPS) is 11.7. The Morgan fingerprint density at radius 3 is 2.38 bits per heavy atom. The smallest absolute Gasteiger partial charge is 0.444 e. The van der Waals surface area contributed by atoms with Gasteiger partial charge in [-0.1, -0.05) is 0 Å². The molecule has 0 fully saturated rings. The monoisotopic (exact) mass is 366 g/mol. The SMILES string of the molecule is Cn1c(=O)c2c(B(O)O)n(CCNC(=O)OC(C)(C)C)cc2n(C)c1=O. The zero-order valence-corrected chi connectivity index (χ0v) is 15.4. The highest BCUT2D eigenvalue weighted by Crippen LogP contribution is 2.08. The van der Waals surface area contributed by atoms with Gasteiger partial charge in [-0.05, 0) is 20.8 Å². The van der Waals surface area contributed by atoms with E-state index >= 15 is 0 Å². The van der Waals surface area contributed by atoms with Crippen LogP contribution >= 0.6 is 0 Å². The second-order valence-electron chi connectivity index (χ2n) is 6.98. The molecule has 0 saturated heterocycles. The number of fused-ring (bicyclic) bond motifs is 1. The summed E-state index contributed by atoms with van der Waals surface area (Å²) in [6, 6.07) is 0. The van der Waals surface area contributed by atoms with Crippen molar-refractivity contribution >= 4 is 29.7 Å². The van der Waals surface area contributed by atoms with Crippen LogP contribution in [-0.4, -0.2) is 49.1 Å². The van der Waals surface area contributed by atoms with Gasteiger partial charge in [-0.25, -0.2) is 9.59 Å². The molecule has 0 aliphatic heterocycles. The fraction of sp³-hybridized carbons (Fsp3) is 0.533. The third kappa shape index (κ3) is 3.83. The van der Waals surface area contributed by atoms with E-state index in [0.717, 1.165) is 4.57 Å². The number of nitrogens with one attached hydrogen (secondary N) is 1. The average molecular weight is 366 g/mol. The molecule has 0 bridgehead atoms. The summed E-state index contributed by atoms with van der Waals surface area (Å²) in [5.41, 5.74) is -1.54. The fourth-order valence-corrected chi connectivity index (χ4v) is 2.67. The van der Waals surface area contributed by atoms with E-state index in [1.165, 1.54) is 29.4 Å². The summed E-state index contributed by atoms with van der Waals surface area (Å²) >= 11 is 0. The Balaban J connectivity index is 2.37. The predicted octanol–water partition coefficient (Wildman–Crippen LogP) is -1.76. The number of aryl methyl sites for hydroxylation is 1. The molecule has 0 aliphatic carbocycles. The summed E-state index contributed by atoms with van der Waals surface area (Å²) in [4.78, 5) is 36.1. The Bertz CT molecular complexity index is 950. The molecule has 2 aromatic rings. The van der Waals surface area contributed by atoms with E-state index in [1.807, 2.05) is 0 Å². The lowest BCUT2D eigenvalue weighted by Crippen LogP contribution is -2.43. The van der Waals surface area contributed by atoms with Crippen LogP contribution in [0.1, 0.15) is 20.8 Å². The zero-order chi connectivity index (χ0) is 19.8. The van der Waals surface area contributed by atoms with Crippen LogP contribution in [-0.2, 0) is 25.4 Å². The molecule has 0 aromatic carbocycles. The van der Waals surface area contributed by atoms with Gasteiger partial charge in [0.15, 0.2) is 0 Å². The summed E-state index contributed by atoms with van der Waals surface area (Å²) in [5.74, 6) is 0. The van der Waals surface area contributed by atoms with E-state index in [-0.39, 0.29) is 29.6 Å². The van der Waals surface area contributed by atoms with Gasteiger partial charge in [-0.3, -0.25) is 13.9 Å². The lowest BCUT2D eigenvalue weighted by Gasteiger charge is -2.19. The highest BCUT2D eigenvalue weighted by Gasteiger charge is 2.26. The number of hydrogen-bond donors (Lipinski definition) is 3. The third-order valence-corrected chi connectivity index (χ3v) is 3.82. The van der Waals surface area contributed by atoms with E-state index in [1.54, 1.807) is 20.8 Å². The molecule has 26 heavy (non-hydrogen) atoms. The molecular formula is C15H23BN4O6. The minimum atomic E-state index is -1.92. The molecule has 0 unspecified atom stereocenters. The summed E-state index contributed by atoms with van der Waals surface area (Å²) in [6.07, 6.45) is 0.868. The first kappa shape index (κ1) is 19.8. The molecular weight excluding hydrogens is 343 g/mol. The lowest BCUT2D eigenvalue weighted by molar-refractivity contribution is 0.0526. The van der Waals surface area contributed by atoms with E-state index < -0.39 is 30.1 Å². The van der Waals surface area contributed by atoms with E-state index in [4.69, 9.17) is 4.74 Å². The molecule has 0 aliphatic rings. The Kier molecular flexibility index (Phi) is 5.33. The molecule has 0 radical (unpaired) electrons. The number of aromatic nitrogens is 3. The average Bonchev–Trinajstić information content (AvgIpc) is 2.89. The van der Waals surface area contributed by atoms with E-state index in [9.17, 15) is 24.4 Å². The molecule has 2 heterocycles. The van der Waals surface area contributed by atoms with Crippen molar-refractivity contribution in [3.8, 4) is 0 Å². The van der Waals surface area contributed by atoms with Crippen molar-refractivity contribution in [2.75, 3.05) is 6.54 Å². The summed E-state index contributed by atoms with van der Waals surface area (Å²) < 4.78 is 8.70. The second kappa shape index (κ2) is 7.00. The number of amides is 1. The van der Waals surface area contributed by atoms with Crippen molar-refractivity contribution in [2.45, 2.75) is 32.9 Å². The maximum atomic E-state index is 12.4. The number of carbonyl (C=O) groups is 1. The standard InChI is InChI=1S/C15H23BN4O6/c1-15(2,3)26-13(22)17-6-7-20-8-9-10(11(20)16(24)25)12(21)19(5)14(23)18(9)4/h8,24-25H,6-7H2,1-5H3,(H,17,22). The number of rotatable bonds is 4. The maximum absolute atomic E-state index is 12.4. The van der Waals surface area contributed by atoms with Crippen LogP contribution in [0.4, 0.5) is 4.79 Å². The lowest BCUT2D eigenvalue weighted by atomic mass is 9.84. The Hall–Kier alpha value is -2.53. The van der Waals surface area contributed by atoms with Gasteiger partial charge in [0, 0.05) is 33.4 Å². The quantitative estimate of drug-likeness (QED) is 0.551. The first-order chi connectivity index (χ1) is 11.9. The number of ether oxygens (including phenoxy) is 1. The van der Waals surface area contributed by atoms with Gasteiger partial charge in [0.05, 0.1) is 16.5 Å². The van der Waals surface area contributed by atoms with Crippen molar-refractivity contribution in [3.63, 3.8) is 0 Å². The number of alkyl carbamates (subject to hydrolysis) is 1. The number of hydrogen-bond acceptors (Lipinski definition) is 6. The Labute approximate surface area is 149 Å². The maximum Gasteiger partial charge on any atom is 0.506 e. The molecule has 11 heteroatoms. The molecule has 0 saturated carbocycles. The minimum absolute atomic E-state index is 0.0396. The van der Waals surface area contributed by atoms with Crippen LogP contribution in [0, 0.1) is 0 Å². The molecule has 1 amide bonds. The highest BCUT2D eigenvalue weighted by molar-refractivity contribution is 6.61. The molecule has 10 nitrogen and oxygen atoms in total. The van der Waals surface area contributed by atoms with Crippen molar-refractivity contribution in [3.05, 3.63) is 27.0 Å². The molecule has 0 atom stereocenters. The third-order valence-electron chi connectivity index (χ3n) is 3.82. The van der Waals surface area contributed by atoms with Crippen molar-refractivity contribution in [1.82, 2.24) is 19.0 Å². The molecule has 2 aromatic heterocycles. The van der Waals surface area contributed by atoms with Gasteiger partial charge >= 0.3 is 18.9 Å².